The van der Waals surface area contributed by atoms with Gasteiger partial charge in [-0.25, -0.2) is 0 Å². The molecule has 2 heterocycles. The Balaban J connectivity index is 1.77. The molecule has 0 bridgehead atoms. The Bertz CT molecular complexity index is 1130. The highest BCUT2D eigenvalue weighted by Crippen LogP contribution is 2.52. The van der Waals surface area contributed by atoms with E-state index in [1.165, 1.54) is 16.7 Å². The summed E-state index contributed by atoms with van der Waals surface area (Å²) >= 11 is 1.31. The van der Waals surface area contributed by atoms with Crippen molar-refractivity contribution in [3.63, 3.8) is 0 Å². The van der Waals surface area contributed by atoms with E-state index in [2.05, 4.69) is 6.07 Å². The molecule has 4 rings (SSSR count). The molecule has 1 fully saturated rings. The van der Waals surface area contributed by atoms with Crippen LogP contribution < -0.4 is 14.2 Å². The van der Waals surface area contributed by atoms with Crippen LogP contribution in [0.3, 0.4) is 0 Å². The fourth-order valence-corrected chi connectivity index (χ4v) is 5.53. The lowest BCUT2D eigenvalue weighted by Gasteiger charge is -2.38. The van der Waals surface area contributed by atoms with E-state index in [0.717, 1.165) is 5.56 Å². The van der Waals surface area contributed by atoms with Gasteiger partial charge in [0.15, 0.2) is 17.2 Å². The van der Waals surface area contributed by atoms with Crippen LogP contribution in [0.4, 0.5) is 0 Å². The minimum absolute atomic E-state index is 0.0666. The van der Waals surface area contributed by atoms with Gasteiger partial charge < -0.3 is 19.3 Å². The van der Waals surface area contributed by atoms with Crippen LogP contribution in [0.25, 0.3) is 0 Å². The van der Waals surface area contributed by atoms with E-state index < -0.39 is 11.6 Å². The molecular formula is C24H24N2O5S. The van der Waals surface area contributed by atoms with Crippen LogP contribution in [0.5, 0.6) is 17.2 Å². The number of hydrogen-bond acceptors (Lipinski definition) is 7. The topological polar surface area (TPSA) is 92.0 Å². The van der Waals surface area contributed by atoms with Gasteiger partial charge in [-0.3, -0.25) is 9.69 Å². The molecule has 1 N–H and O–H groups in total. The number of amides is 1. The van der Waals surface area contributed by atoms with Gasteiger partial charge in [0.2, 0.25) is 5.91 Å². The average molecular weight is 453 g/mol. The van der Waals surface area contributed by atoms with Gasteiger partial charge >= 0.3 is 0 Å². The summed E-state index contributed by atoms with van der Waals surface area (Å²) in [6.07, 6.45) is 0.0666. The van der Waals surface area contributed by atoms with E-state index in [1.807, 2.05) is 19.1 Å². The summed E-state index contributed by atoms with van der Waals surface area (Å²) in [6, 6.07) is 14.8. The van der Waals surface area contributed by atoms with Gasteiger partial charge in [-0.2, -0.15) is 5.26 Å². The first-order valence-electron chi connectivity index (χ1n) is 10.2. The van der Waals surface area contributed by atoms with Gasteiger partial charge in [0, 0.05) is 17.9 Å². The Morgan fingerprint density at radius 2 is 2.03 bits per heavy atom. The minimum Gasteiger partial charge on any atom is -0.497 e. The van der Waals surface area contributed by atoms with E-state index >= 15 is 0 Å². The first-order chi connectivity index (χ1) is 15.5. The van der Waals surface area contributed by atoms with E-state index in [0.29, 0.717) is 40.0 Å². The molecule has 32 heavy (non-hydrogen) atoms. The molecule has 0 aromatic heterocycles. The van der Waals surface area contributed by atoms with E-state index in [4.69, 9.17) is 14.2 Å². The molecule has 2 atom stereocenters. The van der Waals surface area contributed by atoms with Crippen LogP contribution in [0.1, 0.15) is 30.4 Å². The Labute approximate surface area is 191 Å². The molecule has 1 saturated heterocycles. The predicted molar refractivity (Wildman–Crippen MR) is 120 cm³/mol. The number of aliphatic hydroxyl groups is 1. The molecular weight excluding hydrogens is 428 g/mol. The zero-order valence-electron chi connectivity index (χ0n) is 18.1. The van der Waals surface area contributed by atoms with Crippen LogP contribution in [0, 0.1) is 11.3 Å². The minimum atomic E-state index is -1.55. The number of rotatable bonds is 6. The first kappa shape index (κ1) is 22.1. The molecule has 0 aliphatic carbocycles. The van der Waals surface area contributed by atoms with Crippen molar-refractivity contribution in [2.24, 2.45) is 0 Å². The van der Waals surface area contributed by atoms with Crippen LogP contribution in [0.15, 0.2) is 53.1 Å². The van der Waals surface area contributed by atoms with E-state index in [9.17, 15) is 15.2 Å². The maximum Gasteiger partial charge on any atom is 0.231 e. The fraction of sp³-hybridized carbons (Fsp3) is 0.333. The lowest BCUT2D eigenvalue weighted by molar-refractivity contribution is -0.149. The third-order valence-corrected chi connectivity index (χ3v) is 6.96. The lowest BCUT2D eigenvalue weighted by atomic mass is 9.85. The lowest BCUT2D eigenvalue weighted by Crippen LogP contribution is -2.48. The van der Waals surface area contributed by atoms with Gasteiger partial charge in [-0.1, -0.05) is 18.2 Å². The average Bonchev–Trinajstić information content (AvgIpc) is 3.18. The van der Waals surface area contributed by atoms with Crippen molar-refractivity contribution in [2.75, 3.05) is 26.6 Å². The number of benzene rings is 2. The van der Waals surface area contributed by atoms with Crippen LogP contribution in [-0.2, 0) is 10.5 Å². The summed E-state index contributed by atoms with van der Waals surface area (Å²) in [4.78, 5) is 14.7. The Hall–Kier alpha value is -3.15. The quantitative estimate of drug-likeness (QED) is 0.714. The summed E-state index contributed by atoms with van der Waals surface area (Å²) in [5.41, 5.74) is 0.256. The van der Waals surface area contributed by atoms with Crippen molar-refractivity contribution in [3.8, 4) is 23.3 Å². The van der Waals surface area contributed by atoms with Crippen molar-refractivity contribution >= 4 is 17.7 Å². The molecule has 2 aliphatic heterocycles. The first-order valence-corrected chi connectivity index (χ1v) is 11.2. The molecule has 7 nitrogen and oxygen atoms in total. The molecule has 2 aromatic carbocycles. The third-order valence-electron chi connectivity index (χ3n) is 5.73. The highest BCUT2D eigenvalue weighted by molar-refractivity contribution is 8.03. The van der Waals surface area contributed by atoms with Gasteiger partial charge in [-0.05, 0) is 36.8 Å². The number of nitriles is 1. The molecule has 0 saturated carbocycles. The fourth-order valence-electron chi connectivity index (χ4n) is 4.17. The normalized spacial score (nSPS) is 22.4. The molecule has 2 aliphatic rings. The number of carbonyl (C=O) groups excluding carboxylic acids is 1. The zero-order chi connectivity index (χ0) is 22.9. The number of thioether (sulfide) groups is 1. The smallest absolute Gasteiger partial charge is 0.231 e. The highest BCUT2D eigenvalue weighted by atomic mass is 32.2. The summed E-state index contributed by atoms with van der Waals surface area (Å²) in [5, 5.41) is 22.1. The SMILES string of the molecule is CCOc1cc([C@H]2CC(=O)N3C(=C2C#N)SC[C@@]3(O)c2cccc(OC)c2)ccc1OC. The zero-order valence-corrected chi connectivity index (χ0v) is 18.9. The maximum atomic E-state index is 13.3. The number of hydrogen-bond donors (Lipinski definition) is 1. The molecule has 0 spiro atoms. The molecule has 0 unspecified atom stereocenters. The Kier molecular flexibility index (Phi) is 6.04. The number of nitrogens with zero attached hydrogens (tertiary/aromatic N) is 2. The molecule has 8 heteroatoms. The number of methoxy groups -OCH3 is 2. The summed E-state index contributed by atoms with van der Waals surface area (Å²) in [7, 11) is 3.12. The largest absolute Gasteiger partial charge is 0.497 e. The molecule has 2 aromatic rings. The van der Waals surface area contributed by atoms with Crippen molar-refractivity contribution in [1.82, 2.24) is 4.90 Å². The third kappa shape index (κ3) is 3.57. The number of fused-ring (bicyclic) bond motifs is 1. The maximum absolute atomic E-state index is 13.3. The summed E-state index contributed by atoms with van der Waals surface area (Å²) in [6.45, 7) is 2.35. The standard InChI is InChI=1S/C24H24N2O5S/c1-4-31-21-10-15(8-9-20(21)30-3)18-12-22(27)26-23(19(18)13-25)32-14-24(26,28)16-6-5-7-17(11-16)29-2/h5-11,18,28H,4,12,14H2,1-3H3/t18-,24-/m1/s1. The predicted octanol–water partition coefficient (Wildman–Crippen LogP) is 3.75. The summed E-state index contributed by atoms with van der Waals surface area (Å²) < 4.78 is 16.3. The van der Waals surface area contributed by atoms with Gasteiger partial charge in [0.05, 0.1) is 43.3 Å². The Morgan fingerprint density at radius 3 is 2.72 bits per heavy atom. The van der Waals surface area contributed by atoms with E-state index in [-0.39, 0.29) is 18.1 Å². The number of allylic oxidation sites excluding steroid dienone is 1. The summed E-state index contributed by atoms with van der Waals surface area (Å²) in [5.74, 6) is 1.30. The van der Waals surface area contributed by atoms with Crippen molar-refractivity contribution in [3.05, 3.63) is 64.2 Å². The van der Waals surface area contributed by atoms with Crippen LogP contribution >= 0.6 is 11.8 Å². The van der Waals surface area contributed by atoms with Crippen molar-refractivity contribution in [2.45, 2.75) is 25.0 Å². The van der Waals surface area contributed by atoms with Crippen molar-refractivity contribution in [1.29, 1.82) is 5.26 Å². The second kappa shape index (κ2) is 8.77. The number of carbonyl (C=O) groups is 1. The van der Waals surface area contributed by atoms with Gasteiger partial charge in [-0.15, -0.1) is 11.8 Å². The second-order valence-electron chi connectivity index (χ2n) is 7.50. The van der Waals surface area contributed by atoms with Crippen molar-refractivity contribution < 1.29 is 24.1 Å². The second-order valence-corrected chi connectivity index (χ2v) is 8.46. The van der Waals surface area contributed by atoms with Crippen LogP contribution in [-0.4, -0.2) is 42.5 Å². The van der Waals surface area contributed by atoms with Gasteiger partial charge in [0.25, 0.3) is 0 Å². The van der Waals surface area contributed by atoms with Crippen LogP contribution in [0.2, 0.25) is 0 Å². The highest BCUT2D eigenvalue weighted by Gasteiger charge is 2.52. The molecule has 166 valence electrons. The van der Waals surface area contributed by atoms with Gasteiger partial charge in [0.1, 0.15) is 5.75 Å². The Morgan fingerprint density at radius 1 is 1.22 bits per heavy atom. The number of ether oxygens (including phenoxy) is 3. The monoisotopic (exact) mass is 452 g/mol. The molecule has 1 amide bonds. The van der Waals surface area contributed by atoms with E-state index in [1.54, 1.807) is 44.6 Å². The molecule has 0 radical (unpaired) electrons.